The Morgan fingerprint density at radius 2 is 1.91 bits per heavy atom. The van der Waals surface area contributed by atoms with Crippen molar-refractivity contribution < 1.29 is 9.59 Å². The van der Waals surface area contributed by atoms with E-state index in [2.05, 4.69) is 27.8 Å². The summed E-state index contributed by atoms with van der Waals surface area (Å²) in [4.78, 5) is 28.8. The van der Waals surface area contributed by atoms with Crippen LogP contribution in [0.1, 0.15) is 39.0 Å². The zero-order valence-electron chi connectivity index (χ0n) is 12.8. The van der Waals surface area contributed by atoms with Gasteiger partial charge in [-0.1, -0.05) is 29.3 Å². The molecule has 0 saturated carbocycles. The number of piperidine rings is 1. The monoisotopic (exact) mass is 364 g/mol. The van der Waals surface area contributed by atoms with E-state index in [4.69, 9.17) is 0 Å². The molecular formula is C17H21BrN2O2. The second kappa shape index (κ2) is 6.50. The quantitative estimate of drug-likeness (QED) is 0.772. The van der Waals surface area contributed by atoms with Crippen LogP contribution in [-0.2, 0) is 9.59 Å². The molecule has 0 N–H and O–H groups in total. The summed E-state index contributed by atoms with van der Waals surface area (Å²) in [6.45, 7) is 3.09. The molecule has 2 aliphatic rings. The van der Waals surface area contributed by atoms with E-state index < -0.39 is 0 Å². The van der Waals surface area contributed by atoms with Crippen LogP contribution in [0, 0.1) is 0 Å². The Morgan fingerprint density at radius 3 is 2.59 bits per heavy atom. The van der Waals surface area contributed by atoms with E-state index in [9.17, 15) is 9.59 Å². The van der Waals surface area contributed by atoms with Gasteiger partial charge in [-0.3, -0.25) is 14.5 Å². The van der Waals surface area contributed by atoms with E-state index in [1.807, 2.05) is 24.3 Å². The van der Waals surface area contributed by atoms with Crippen molar-refractivity contribution in [3.05, 3.63) is 28.7 Å². The van der Waals surface area contributed by atoms with Crippen LogP contribution in [0.3, 0.4) is 0 Å². The minimum atomic E-state index is -0.276. The molecule has 2 aliphatic heterocycles. The Labute approximate surface area is 139 Å². The van der Waals surface area contributed by atoms with Gasteiger partial charge in [0.1, 0.15) is 0 Å². The number of carbonyl (C=O) groups is 2. The maximum atomic E-state index is 12.8. The number of hydrogen-bond acceptors (Lipinski definition) is 3. The Kier molecular flexibility index (Phi) is 4.64. The number of nitrogens with zero attached hydrogens (tertiary/aromatic N) is 2. The third-order valence-electron chi connectivity index (χ3n) is 4.75. The summed E-state index contributed by atoms with van der Waals surface area (Å²) in [5, 5.41) is 0. The van der Waals surface area contributed by atoms with Crippen LogP contribution >= 0.6 is 15.9 Å². The van der Waals surface area contributed by atoms with E-state index in [0.29, 0.717) is 18.2 Å². The largest absolute Gasteiger partial charge is 0.289 e. The van der Waals surface area contributed by atoms with Gasteiger partial charge in [0, 0.05) is 10.5 Å². The van der Waals surface area contributed by atoms with Gasteiger partial charge < -0.3 is 0 Å². The fourth-order valence-electron chi connectivity index (χ4n) is 3.61. The van der Waals surface area contributed by atoms with Crippen LogP contribution in [0.2, 0.25) is 0 Å². The number of benzene rings is 1. The maximum Gasteiger partial charge on any atom is 0.251 e. The zero-order chi connectivity index (χ0) is 15.7. The molecule has 0 aromatic heterocycles. The summed E-state index contributed by atoms with van der Waals surface area (Å²) < 4.78 is 0.939. The number of imide groups is 1. The highest BCUT2D eigenvalue weighted by atomic mass is 79.9. The van der Waals surface area contributed by atoms with Gasteiger partial charge in [-0.05, 0) is 50.1 Å². The lowest BCUT2D eigenvalue weighted by atomic mass is 9.97. The molecule has 2 fully saturated rings. The number of anilines is 1. The van der Waals surface area contributed by atoms with Gasteiger partial charge in [0.25, 0.3) is 5.91 Å². The molecule has 0 aliphatic carbocycles. The third kappa shape index (κ3) is 2.84. The van der Waals surface area contributed by atoms with Crippen molar-refractivity contribution >= 4 is 33.4 Å². The molecule has 5 heteroatoms. The van der Waals surface area contributed by atoms with Crippen molar-refractivity contribution in [2.24, 2.45) is 0 Å². The Bertz CT molecular complexity index is 573. The summed E-state index contributed by atoms with van der Waals surface area (Å²) in [7, 11) is 0. The molecule has 2 saturated heterocycles. The first-order valence-corrected chi connectivity index (χ1v) is 8.79. The molecule has 0 bridgehead atoms. The fourth-order valence-corrected chi connectivity index (χ4v) is 3.87. The van der Waals surface area contributed by atoms with E-state index in [0.717, 1.165) is 30.3 Å². The normalized spacial score (nSPS) is 26.7. The smallest absolute Gasteiger partial charge is 0.251 e. The number of hydrogen-bond donors (Lipinski definition) is 0. The van der Waals surface area contributed by atoms with Gasteiger partial charge in [0.05, 0.1) is 18.2 Å². The zero-order valence-corrected chi connectivity index (χ0v) is 14.4. The van der Waals surface area contributed by atoms with Gasteiger partial charge in [0.2, 0.25) is 5.91 Å². The summed E-state index contributed by atoms with van der Waals surface area (Å²) in [6, 6.07) is 7.51. The molecule has 118 valence electrons. The summed E-state index contributed by atoms with van der Waals surface area (Å²) in [6.07, 6.45) is 4.82. The standard InChI is InChI=1S/C17H21BrN2O2/c1-2-13-5-3-4-10-19(13)15-11-16(21)20(17(15)22)14-8-6-12(18)7-9-14/h6-9,13,15H,2-5,10-11H2,1H3/t13-,15+/m0/s1. The van der Waals surface area contributed by atoms with Gasteiger partial charge >= 0.3 is 0 Å². The van der Waals surface area contributed by atoms with Crippen LogP contribution in [-0.4, -0.2) is 35.3 Å². The van der Waals surface area contributed by atoms with Crippen LogP contribution in [0.15, 0.2) is 28.7 Å². The predicted molar refractivity (Wildman–Crippen MR) is 89.7 cm³/mol. The first-order chi connectivity index (χ1) is 10.6. The maximum absolute atomic E-state index is 12.8. The number of carbonyl (C=O) groups excluding carboxylic acids is 2. The molecule has 0 unspecified atom stereocenters. The first-order valence-electron chi connectivity index (χ1n) is 8.00. The number of rotatable bonds is 3. The highest BCUT2D eigenvalue weighted by Gasteiger charge is 2.44. The number of likely N-dealkylation sites (tertiary alicyclic amines) is 1. The first kappa shape index (κ1) is 15.7. The van der Waals surface area contributed by atoms with Crippen molar-refractivity contribution in [3.63, 3.8) is 0 Å². The van der Waals surface area contributed by atoms with Gasteiger partial charge in [0.15, 0.2) is 0 Å². The topological polar surface area (TPSA) is 40.6 Å². The van der Waals surface area contributed by atoms with Crippen LogP contribution in [0.5, 0.6) is 0 Å². The molecule has 1 aromatic rings. The van der Waals surface area contributed by atoms with E-state index >= 15 is 0 Å². The average molecular weight is 365 g/mol. The molecule has 22 heavy (non-hydrogen) atoms. The summed E-state index contributed by atoms with van der Waals surface area (Å²) in [5.41, 5.74) is 0.672. The van der Waals surface area contributed by atoms with Crippen LogP contribution < -0.4 is 4.90 Å². The molecule has 2 atom stereocenters. The second-order valence-corrected chi connectivity index (χ2v) is 6.98. The molecule has 0 radical (unpaired) electrons. The second-order valence-electron chi connectivity index (χ2n) is 6.06. The highest BCUT2D eigenvalue weighted by molar-refractivity contribution is 9.10. The lowest BCUT2D eigenvalue weighted by Gasteiger charge is -2.38. The molecule has 0 spiro atoms. The predicted octanol–water partition coefficient (Wildman–Crippen LogP) is 3.35. The fraction of sp³-hybridized carbons (Fsp3) is 0.529. The summed E-state index contributed by atoms with van der Waals surface area (Å²) >= 11 is 3.38. The van der Waals surface area contributed by atoms with Crippen molar-refractivity contribution in [3.8, 4) is 0 Å². The Balaban J connectivity index is 1.83. The Morgan fingerprint density at radius 1 is 1.18 bits per heavy atom. The van der Waals surface area contributed by atoms with Gasteiger partial charge in [-0.25, -0.2) is 4.90 Å². The van der Waals surface area contributed by atoms with Gasteiger partial charge in [-0.15, -0.1) is 0 Å². The minimum absolute atomic E-state index is 0.0623. The number of amides is 2. The van der Waals surface area contributed by atoms with Crippen molar-refractivity contribution in [2.45, 2.75) is 51.1 Å². The van der Waals surface area contributed by atoms with E-state index in [1.54, 1.807) is 0 Å². The molecule has 3 rings (SSSR count). The summed E-state index contributed by atoms with van der Waals surface area (Å²) in [5.74, 6) is -0.148. The molecule has 4 nitrogen and oxygen atoms in total. The SMILES string of the molecule is CC[C@H]1CCCCN1[C@@H]1CC(=O)N(c2ccc(Br)cc2)C1=O. The number of halogens is 1. The molecule has 1 aromatic carbocycles. The van der Waals surface area contributed by atoms with Crippen molar-refractivity contribution in [1.29, 1.82) is 0 Å². The Hall–Kier alpha value is -1.20. The molecule has 2 heterocycles. The van der Waals surface area contributed by atoms with E-state index in [-0.39, 0.29) is 17.9 Å². The van der Waals surface area contributed by atoms with Crippen molar-refractivity contribution in [1.82, 2.24) is 4.90 Å². The lowest BCUT2D eigenvalue weighted by molar-refractivity contribution is -0.123. The van der Waals surface area contributed by atoms with Crippen LogP contribution in [0.25, 0.3) is 0 Å². The molecule has 2 amide bonds. The lowest BCUT2D eigenvalue weighted by Crippen LogP contribution is -2.49. The minimum Gasteiger partial charge on any atom is -0.289 e. The van der Waals surface area contributed by atoms with Crippen LogP contribution in [0.4, 0.5) is 5.69 Å². The highest BCUT2D eigenvalue weighted by Crippen LogP contribution is 2.31. The third-order valence-corrected chi connectivity index (χ3v) is 5.28. The van der Waals surface area contributed by atoms with Gasteiger partial charge in [-0.2, -0.15) is 0 Å². The molecular weight excluding hydrogens is 344 g/mol. The van der Waals surface area contributed by atoms with E-state index in [1.165, 1.54) is 11.3 Å². The average Bonchev–Trinajstić information content (AvgIpc) is 2.83. The van der Waals surface area contributed by atoms with Crippen molar-refractivity contribution in [2.75, 3.05) is 11.4 Å².